The van der Waals surface area contributed by atoms with Gasteiger partial charge in [-0.3, -0.25) is 0 Å². The Balaban J connectivity index is 1.72. The molecule has 4 nitrogen and oxygen atoms in total. The maximum atomic E-state index is 11.7. The third-order valence-corrected chi connectivity index (χ3v) is 6.10. The Morgan fingerprint density at radius 1 is 1.48 bits per heavy atom. The summed E-state index contributed by atoms with van der Waals surface area (Å²) < 4.78 is 8.30. The van der Waals surface area contributed by atoms with Crippen molar-refractivity contribution in [2.24, 2.45) is 5.92 Å². The van der Waals surface area contributed by atoms with Crippen LogP contribution in [0, 0.1) is 5.92 Å². The first-order valence-electron chi connectivity index (χ1n) is 8.64. The zero-order valence-corrected chi connectivity index (χ0v) is 17.0. The van der Waals surface area contributed by atoms with Crippen molar-refractivity contribution in [2.75, 3.05) is 7.11 Å². The fourth-order valence-electron chi connectivity index (χ4n) is 2.70. The van der Waals surface area contributed by atoms with Crippen molar-refractivity contribution in [1.29, 1.82) is 0 Å². The van der Waals surface area contributed by atoms with Crippen LogP contribution in [0.1, 0.15) is 34.8 Å². The van der Waals surface area contributed by atoms with E-state index >= 15 is 0 Å². The molecule has 0 fully saturated rings. The number of ether oxygens (including phenoxy) is 1. The molecular formula is C21H22N2O2S2. The summed E-state index contributed by atoms with van der Waals surface area (Å²) in [7, 11) is 1.39. The van der Waals surface area contributed by atoms with Gasteiger partial charge in [0.05, 0.1) is 18.7 Å². The molecule has 0 amide bonds. The molecule has 1 aliphatic carbocycles. The Morgan fingerprint density at radius 3 is 3.04 bits per heavy atom. The molecule has 2 unspecified atom stereocenters. The SMILES string of the molecule is C=C1C=C(CC(NSc2cccc(C(=O)OC)c2)c2nccs2)C=CC1C. The first-order chi connectivity index (χ1) is 13.1. The van der Waals surface area contributed by atoms with E-state index in [2.05, 4.69) is 41.4 Å². The lowest BCUT2D eigenvalue weighted by Gasteiger charge is -2.20. The summed E-state index contributed by atoms with van der Waals surface area (Å²) in [4.78, 5) is 17.2. The van der Waals surface area contributed by atoms with Gasteiger partial charge in [0.2, 0.25) is 0 Å². The van der Waals surface area contributed by atoms with Crippen molar-refractivity contribution in [2.45, 2.75) is 24.3 Å². The van der Waals surface area contributed by atoms with E-state index in [1.807, 2.05) is 29.8 Å². The lowest BCUT2D eigenvalue weighted by molar-refractivity contribution is 0.0600. The molecule has 2 atom stereocenters. The fourth-order valence-corrected chi connectivity index (χ4v) is 4.27. The number of hydrogen-bond donors (Lipinski definition) is 1. The number of rotatable bonds is 7. The molecule has 3 rings (SSSR count). The van der Waals surface area contributed by atoms with Crippen LogP contribution in [-0.2, 0) is 4.74 Å². The topological polar surface area (TPSA) is 51.2 Å². The quantitative estimate of drug-likeness (QED) is 0.503. The van der Waals surface area contributed by atoms with Crippen molar-refractivity contribution >= 4 is 29.3 Å². The van der Waals surface area contributed by atoms with Crippen molar-refractivity contribution in [3.05, 3.63) is 82.4 Å². The van der Waals surface area contributed by atoms with E-state index in [9.17, 15) is 4.79 Å². The minimum absolute atomic E-state index is 0.0638. The van der Waals surface area contributed by atoms with Gasteiger partial charge >= 0.3 is 5.97 Å². The number of benzene rings is 1. The summed E-state index contributed by atoms with van der Waals surface area (Å²) in [6.45, 7) is 6.28. The molecule has 27 heavy (non-hydrogen) atoms. The molecule has 1 N–H and O–H groups in total. The monoisotopic (exact) mass is 398 g/mol. The molecule has 1 aromatic carbocycles. The van der Waals surface area contributed by atoms with E-state index in [1.54, 1.807) is 17.4 Å². The van der Waals surface area contributed by atoms with E-state index in [4.69, 9.17) is 4.74 Å². The highest BCUT2D eigenvalue weighted by molar-refractivity contribution is 7.97. The van der Waals surface area contributed by atoms with Gasteiger partial charge < -0.3 is 4.74 Å². The summed E-state index contributed by atoms with van der Waals surface area (Å²) in [5, 5.41) is 3.02. The number of esters is 1. The zero-order valence-electron chi connectivity index (χ0n) is 15.3. The van der Waals surface area contributed by atoms with Crippen LogP contribution in [0.5, 0.6) is 0 Å². The predicted molar refractivity (Wildman–Crippen MR) is 112 cm³/mol. The van der Waals surface area contributed by atoms with Gasteiger partial charge in [0.15, 0.2) is 0 Å². The van der Waals surface area contributed by atoms with Crippen LogP contribution >= 0.6 is 23.3 Å². The van der Waals surface area contributed by atoms with Gasteiger partial charge in [-0.05, 0) is 53.6 Å². The second-order valence-electron chi connectivity index (χ2n) is 6.31. The molecule has 0 bridgehead atoms. The molecule has 0 spiro atoms. The molecule has 1 aromatic heterocycles. The number of nitrogens with one attached hydrogen (secondary N) is 1. The highest BCUT2D eigenvalue weighted by Crippen LogP contribution is 2.31. The Labute approximate surface area is 168 Å². The Hall–Kier alpha value is -2.15. The van der Waals surface area contributed by atoms with Gasteiger partial charge in [0.1, 0.15) is 5.01 Å². The van der Waals surface area contributed by atoms with Gasteiger partial charge in [-0.25, -0.2) is 14.5 Å². The van der Waals surface area contributed by atoms with E-state index in [1.165, 1.54) is 24.6 Å². The molecule has 1 heterocycles. The minimum atomic E-state index is -0.334. The first kappa shape index (κ1) is 19.6. The van der Waals surface area contributed by atoms with Gasteiger partial charge in [0, 0.05) is 16.5 Å². The molecule has 140 valence electrons. The third kappa shape index (κ3) is 5.19. The van der Waals surface area contributed by atoms with Crippen molar-refractivity contribution < 1.29 is 9.53 Å². The second kappa shape index (κ2) is 9.17. The predicted octanol–water partition coefficient (Wildman–Crippen LogP) is 5.35. The molecule has 0 radical (unpaired) electrons. The van der Waals surface area contributed by atoms with Gasteiger partial charge in [0.25, 0.3) is 0 Å². The first-order valence-corrected chi connectivity index (χ1v) is 10.3. The number of aromatic nitrogens is 1. The summed E-state index contributed by atoms with van der Waals surface area (Å²) in [5.74, 6) is 0.0505. The summed E-state index contributed by atoms with van der Waals surface area (Å²) in [6.07, 6.45) is 9.16. The van der Waals surface area contributed by atoms with E-state index in [0.29, 0.717) is 11.5 Å². The number of allylic oxidation sites excluding steroid dienone is 4. The number of nitrogens with zero attached hydrogens (tertiary/aromatic N) is 1. The minimum Gasteiger partial charge on any atom is -0.465 e. The standard InChI is InChI=1S/C21H22N2O2S2/c1-14-7-8-16(11-15(14)2)12-19(20-22-9-10-26-20)23-27-18-6-4-5-17(13-18)21(24)25-3/h4-11,13-14,19,23H,2,12H2,1,3H3. The highest BCUT2D eigenvalue weighted by atomic mass is 32.2. The lowest BCUT2D eigenvalue weighted by atomic mass is 9.91. The van der Waals surface area contributed by atoms with Crippen molar-refractivity contribution in [3.8, 4) is 0 Å². The number of hydrogen-bond acceptors (Lipinski definition) is 6. The summed E-state index contributed by atoms with van der Waals surface area (Å²) >= 11 is 3.13. The largest absolute Gasteiger partial charge is 0.465 e. The van der Waals surface area contributed by atoms with Crippen LogP contribution in [0.2, 0.25) is 0 Å². The fraction of sp³-hybridized carbons (Fsp3) is 0.238. The van der Waals surface area contributed by atoms with Gasteiger partial charge in [-0.1, -0.05) is 37.8 Å². The van der Waals surface area contributed by atoms with E-state index in [-0.39, 0.29) is 12.0 Å². The van der Waals surface area contributed by atoms with Crippen LogP contribution in [0.25, 0.3) is 0 Å². The van der Waals surface area contributed by atoms with Crippen LogP contribution in [0.3, 0.4) is 0 Å². The molecule has 0 saturated heterocycles. The van der Waals surface area contributed by atoms with Gasteiger partial charge in [-0.15, -0.1) is 11.3 Å². The summed E-state index contributed by atoms with van der Waals surface area (Å²) in [5.41, 5.74) is 2.90. The second-order valence-corrected chi connectivity index (χ2v) is 8.15. The Morgan fingerprint density at radius 2 is 2.33 bits per heavy atom. The summed E-state index contributed by atoms with van der Waals surface area (Å²) in [6, 6.07) is 7.46. The molecular weight excluding hydrogens is 376 g/mol. The normalized spacial score (nSPS) is 17.5. The van der Waals surface area contributed by atoms with E-state index in [0.717, 1.165) is 21.9 Å². The maximum Gasteiger partial charge on any atom is 0.337 e. The van der Waals surface area contributed by atoms with Crippen LogP contribution < -0.4 is 4.72 Å². The van der Waals surface area contributed by atoms with Crippen molar-refractivity contribution in [1.82, 2.24) is 9.71 Å². The molecule has 1 aliphatic rings. The number of thiazole rings is 1. The number of methoxy groups -OCH3 is 1. The number of carbonyl (C=O) groups excluding carboxylic acids is 1. The molecule has 2 aromatic rings. The zero-order chi connectivity index (χ0) is 19.2. The van der Waals surface area contributed by atoms with Gasteiger partial charge in [-0.2, -0.15) is 0 Å². The number of carbonyl (C=O) groups is 1. The Bertz CT molecular complexity index is 872. The highest BCUT2D eigenvalue weighted by Gasteiger charge is 2.18. The Kier molecular flexibility index (Phi) is 6.66. The average molecular weight is 399 g/mol. The average Bonchev–Trinajstić information content (AvgIpc) is 3.22. The van der Waals surface area contributed by atoms with Crippen molar-refractivity contribution in [3.63, 3.8) is 0 Å². The third-order valence-electron chi connectivity index (χ3n) is 4.32. The van der Waals surface area contributed by atoms with Crippen LogP contribution in [0.4, 0.5) is 0 Å². The smallest absolute Gasteiger partial charge is 0.337 e. The maximum absolute atomic E-state index is 11.7. The lowest BCUT2D eigenvalue weighted by Crippen LogP contribution is -2.15. The van der Waals surface area contributed by atoms with Crippen LogP contribution in [-0.4, -0.2) is 18.1 Å². The molecule has 6 heteroatoms. The molecule has 0 aliphatic heterocycles. The van der Waals surface area contributed by atoms with Crippen LogP contribution in [0.15, 0.2) is 76.7 Å². The molecule has 0 saturated carbocycles. The van der Waals surface area contributed by atoms with E-state index < -0.39 is 0 Å².